The van der Waals surface area contributed by atoms with Crippen LogP contribution in [0.1, 0.15) is 17.7 Å². The summed E-state index contributed by atoms with van der Waals surface area (Å²) >= 11 is 0. The van der Waals surface area contributed by atoms with Crippen LogP contribution in [0.4, 0.5) is 0 Å². The summed E-state index contributed by atoms with van der Waals surface area (Å²) < 4.78 is 5.32. The van der Waals surface area contributed by atoms with Crippen LogP contribution in [0, 0.1) is 0 Å². The molecule has 76 valence electrons. The van der Waals surface area contributed by atoms with Gasteiger partial charge in [0.05, 0.1) is 7.11 Å². The van der Waals surface area contributed by atoms with Gasteiger partial charge in [-0.15, -0.1) is 0 Å². The molecule has 1 aromatic heterocycles. The van der Waals surface area contributed by atoms with Gasteiger partial charge in [-0.1, -0.05) is 12.1 Å². The molecule has 0 saturated carbocycles. The predicted octanol–water partition coefficient (Wildman–Crippen LogP) is 2.73. The maximum Gasteiger partial charge on any atom is 0.145 e. The highest BCUT2D eigenvalue weighted by atomic mass is 16.5. The number of pyridine rings is 1. The molecule has 0 amide bonds. The lowest BCUT2D eigenvalue weighted by atomic mass is 10.1. The van der Waals surface area contributed by atoms with Crippen LogP contribution in [0.25, 0.3) is 10.9 Å². The van der Waals surface area contributed by atoms with Crippen molar-refractivity contribution in [1.82, 2.24) is 4.98 Å². The third-order valence-electron chi connectivity index (χ3n) is 3.06. The van der Waals surface area contributed by atoms with Gasteiger partial charge in [0, 0.05) is 11.1 Å². The Bertz CT molecular complexity index is 519. The Morgan fingerprint density at radius 3 is 3.07 bits per heavy atom. The molecule has 0 radical (unpaired) electrons. The molecule has 0 spiro atoms. The zero-order valence-corrected chi connectivity index (χ0v) is 8.79. The van der Waals surface area contributed by atoms with E-state index in [0.29, 0.717) is 0 Å². The first kappa shape index (κ1) is 8.72. The molecule has 0 unspecified atom stereocenters. The van der Waals surface area contributed by atoms with Crippen LogP contribution in [-0.4, -0.2) is 12.1 Å². The topological polar surface area (TPSA) is 22.1 Å². The molecule has 1 heterocycles. The summed E-state index contributed by atoms with van der Waals surface area (Å²) in [5.41, 5.74) is 3.67. The minimum Gasteiger partial charge on any atom is -0.494 e. The SMILES string of the molecule is COc1cccc2cc3c(nc12)CCC3. The molecule has 1 aliphatic rings. The zero-order valence-electron chi connectivity index (χ0n) is 8.79. The first-order valence-corrected chi connectivity index (χ1v) is 5.34. The molecule has 0 saturated heterocycles. The number of fused-ring (bicyclic) bond motifs is 2. The summed E-state index contributed by atoms with van der Waals surface area (Å²) in [6.45, 7) is 0. The Hall–Kier alpha value is -1.57. The highest BCUT2D eigenvalue weighted by molar-refractivity contribution is 5.85. The van der Waals surface area contributed by atoms with Crippen molar-refractivity contribution < 1.29 is 4.74 Å². The smallest absolute Gasteiger partial charge is 0.145 e. The van der Waals surface area contributed by atoms with Gasteiger partial charge in [0.15, 0.2) is 0 Å². The van der Waals surface area contributed by atoms with E-state index in [-0.39, 0.29) is 0 Å². The number of para-hydroxylation sites is 1. The number of hydrogen-bond donors (Lipinski definition) is 0. The van der Waals surface area contributed by atoms with Gasteiger partial charge in [-0.3, -0.25) is 0 Å². The van der Waals surface area contributed by atoms with E-state index in [9.17, 15) is 0 Å². The van der Waals surface area contributed by atoms with Gasteiger partial charge in [0.2, 0.25) is 0 Å². The molecule has 0 bridgehead atoms. The lowest BCUT2D eigenvalue weighted by Crippen LogP contribution is -1.92. The van der Waals surface area contributed by atoms with Gasteiger partial charge in [-0.2, -0.15) is 0 Å². The second-order valence-corrected chi connectivity index (χ2v) is 3.98. The standard InChI is InChI=1S/C13H13NO/c1-15-12-7-3-5-10-8-9-4-2-6-11(9)14-13(10)12/h3,5,7-8H,2,4,6H2,1H3. The van der Waals surface area contributed by atoms with Crippen molar-refractivity contribution in [2.24, 2.45) is 0 Å². The third kappa shape index (κ3) is 1.29. The van der Waals surface area contributed by atoms with Crippen LogP contribution in [0.15, 0.2) is 24.3 Å². The monoisotopic (exact) mass is 199 g/mol. The van der Waals surface area contributed by atoms with E-state index in [1.54, 1.807) is 7.11 Å². The molecule has 1 aliphatic carbocycles. The Balaban J connectivity index is 2.33. The van der Waals surface area contributed by atoms with Crippen molar-refractivity contribution in [2.75, 3.05) is 7.11 Å². The van der Waals surface area contributed by atoms with Crippen molar-refractivity contribution in [2.45, 2.75) is 19.3 Å². The molecule has 2 heteroatoms. The fraction of sp³-hybridized carbons (Fsp3) is 0.308. The highest BCUT2D eigenvalue weighted by Gasteiger charge is 2.14. The van der Waals surface area contributed by atoms with Gasteiger partial charge >= 0.3 is 0 Å². The molecule has 15 heavy (non-hydrogen) atoms. The minimum absolute atomic E-state index is 0.877. The Kier molecular flexibility index (Phi) is 1.88. The summed E-state index contributed by atoms with van der Waals surface area (Å²) in [5.74, 6) is 0.877. The number of aromatic nitrogens is 1. The van der Waals surface area contributed by atoms with E-state index in [1.807, 2.05) is 12.1 Å². The lowest BCUT2D eigenvalue weighted by Gasteiger charge is -2.06. The average Bonchev–Trinajstić information content (AvgIpc) is 2.72. The first-order valence-electron chi connectivity index (χ1n) is 5.34. The van der Waals surface area contributed by atoms with Gasteiger partial charge in [-0.25, -0.2) is 4.98 Å². The molecular weight excluding hydrogens is 186 g/mol. The number of nitrogens with zero attached hydrogens (tertiary/aromatic N) is 1. The predicted molar refractivity (Wildman–Crippen MR) is 60.3 cm³/mol. The Labute approximate surface area is 88.9 Å². The van der Waals surface area contributed by atoms with E-state index in [1.165, 1.54) is 29.5 Å². The number of hydrogen-bond acceptors (Lipinski definition) is 2. The number of aryl methyl sites for hydroxylation is 2. The van der Waals surface area contributed by atoms with Crippen molar-refractivity contribution >= 4 is 10.9 Å². The zero-order chi connectivity index (χ0) is 10.3. The first-order chi connectivity index (χ1) is 7.38. The van der Waals surface area contributed by atoms with Crippen LogP contribution in [0.5, 0.6) is 5.75 Å². The van der Waals surface area contributed by atoms with Crippen LogP contribution in [0.3, 0.4) is 0 Å². The van der Waals surface area contributed by atoms with Crippen molar-refractivity contribution in [3.8, 4) is 5.75 Å². The second-order valence-electron chi connectivity index (χ2n) is 3.98. The summed E-state index contributed by atoms with van der Waals surface area (Å²) in [5, 5.41) is 1.19. The number of rotatable bonds is 1. The molecule has 3 rings (SSSR count). The number of ether oxygens (including phenoxy) is 1. The van der Waals surface area contributed by atoms with Gasteiger partial charge in [-0.05, 0) is 37.0 Å². The molecule has 0 fully saturated rings. The van der Waals surface area contributed by atoms with Gasteiger partial charge in [0.1, 0.15) is 11.3 Å². The minimum atomic E-state index is 0.877. The molecular formula is C13H13NO. The lowest BCUT2D eigenvalue weighted by molar-refractivity contribution is 0.419. The summed E-state index contributed by atoms with van der Waals surface area (Å²) in [6.07, 6.45) is 3.53. The fourth-order valence-corrected chi connectivity index (χ4v) is 2.30. The average molecular weight is 199 g/mol. The van der Waals surface area contributed by atoms with E-state index < -0.39 is 0 Å². The van der Waals surface area contributed by atoms with Crippen molar-refractivity contribution in [1.29, 1.82) is 0 Å². The van der Waals surface area contributed by atoms with Crippen molar-refractivity contribution in [3.05, 3.63) is 35.5 Å². The van der Waals surface area contributed by atoms with Crippen LogP contribution < -0.4 is 4.74 Å². The van der Waals surface area contributed by atoms with Crippen LogP contribution in [-0.2, 0) is 12.8 Å². The van der Waals surface area contributed by atoms with Gasteiger partial charge in [0.25, 0.3) is 0 Å². The Morgan fingerprint density at radius 2 is 2.20 bits per heavy atom. The van der Waals surface area contributed by atoms with E-state index >= 15 is 0 Å². The van der Waals surface area contributed by atoms with Gasteiger partial charge < -0.3 is 4.74 Å². The molecule has 0 N–H and O–H groups in total. The quantitative estimate of drug-likeness (QED) is 0.704. The maximum atomic E-state index is 5.32. The summed E-state index contributed by atoms with van der Waals surface area (Å²) in [7, 11) is 1.70. The van der Waals surface area contributed by atoms with E-state index in [2.05, 4.69) is 12.1 Å². The number of methoxy groups -OCH3 is 1. The second kappa shape index (κ2) is 3.23. The third-order valence-corrected chi connectivity index (χ3v) is 3.06. The number of benzene rings is 1. The molecule has 0 aliphatic heterocycles. The molecule has 2 nitrogen and oxygen atoms in total. The normalized spacial score (nSPS) is 14.2. The van der Waals surface area contributed by atoms with Crippen LogP contribution >= 0.6 is 0 Å². The van der Waals surface area contributed by atoms with E-state index in [4.69, 9.17) is 9.72 Å². The summed E-state index contributed by atoms with van der Waals surface area (Å²) in [6, 6.07) is 8.34. The largest absolute Gasteiger partial charge is 0.494 e. The van der Waals surface area contributed by atoms with E-state index in [0.717, 1.165) is 17.7 Å². The van der Waals surface area contributed by atoms with Crippen molar-refractivity contribution in [3.63, 3.8) is 0 Å². The molecule has 0 atom stereocenters. The molecule has 2 aromatic rings. The highest BCUT2D eigenvalue weighted by Crippen LogP contribution is 2.29. The Morgan fingerprint density at radius 1 is 1.27 bits per heavy atom. The van der Waals surface area contributed by atoms with Crippen LogP contribution in [0.2, 0.25) is 0 Å². The summed E-state index contributed by atoms with van der Waals surface area (Å²) in [4.78, 5) is 4.70. The molecule has 1 aromatic carbocycles. The maximum absolute atomic E-state index is 5.32. The fourth-order valence-electron chi connectivity index (χ4n) is 2.30.